The van der Waals surface area contributed by atoms with Gasteiger partial charge in [-0.25, -0.2) is 0 Å². The average molecular weight is 139 g/mol. The molecule has 0 aromatic heterocycles. The number of amides is 1. The molecule has 1 atom stereocenters. The summed E-state index contributed by atoms with van der Waals surface area (Å²) in [7, 11) is 0. The Morgan fingerprint density at radius 3 is 3.00 bits per heavy atom. The van der Waals surface area contributed by atoms with E-state index in [0.717, 1.165) is 0 Å². The summed E-state index contributed by atoms with van der Waals surface area (Å²) in [6, 6.07) is 1.80. The van der Waals surface area contributed by atoms with Crippen LogP contribution in [-0.4, -0.2) is 17.7 Å². The number of carbonyl (C=O) groups excluding carboxylic acids is 1. The highest BCUT2D eigenvalue weighted by Gasteiger charge is 2.23. The first-order chi connectivity index (χ1) is 4.74. The summed E-state index contributed by atoms with van der Waals surface area (Å²) in [6.45, 7) is 0. The van der Waals surface area contributed by atoms with E-state index in [-0.39, 0.29) is 12.1 Å². The number of nitrogens with two attached hydrogens (primary N) is 1. The molecule has 0 unspecified atom stereocenters. The zero-order chi connectivity index (χ0) is 7.56. The van der Waals surface area contributed by atoms with Gasteiger partial charge in [0.25, 0.3) is 5.91 Å². The molecule has 0 bridgehead atoms. The normalized spacial score (nSPS) is 22.7. The van der Waals surface area contributed by atoms with Gasteiger partial charge in [-0.2, -0.15) is 5.26 Å². The number of oxime groups is 1. The minimum atomic E-state index is -0.637. The first-order valence-corrected chi connectivity index (χ1v) is 2.66. The van der Waals surface area contributed by atoms with Crippen LogP contribution < -0.4 is 5.73 Å². The van der Waals surface area contributed by atoms with Gasteiger partial charge >= 0.3 is 0 Å². The first kappa shape index (κ1) is 6.55. The Hall–Kier alpha value is -1.57. The number of carbonyl (C=O) groups is 1. The predicted octanol–water partition coefficient (Wildman–Crippen LogP) is -0.860. The van der Waals surface area contributed by atoms with Crippen molar-refractivity contribution < 1.29 is 9.63 Å². The summed E-state index contributed by atoms with van der Waals surface area (Å²) < 4.78 is 0. The van der Waals surface area contributed by atoms with Gasteiger partial charge in [0.1, 0.15) is 11.8 Å². The van der Waals surface area contributed by atoms with Gasteiger partial charge in [-0.15, -0.1) is 0 Å². The largest absolute Gasteiger partial charge is 0.376 e. The summed E-state index contributed by atoms with van der Waals surface area (Å²) in [5.74, 6) is -0.627. The molecule has 1 aliphatic rings. The van der Waals surface area contributed by atoms with E-state index in [1.165, 1.54) is 0 Å². The highest BCUT2D eigenvalue weighted by molar-refractivity contribution is 6.38. The Morgan fingerprint density at radius 2 is 2.70 bits per heavy atom. The van der Waals surface area contributed by atoms with Crippen LogP contribution in [0.25, 0.3) is 0 Å². The number of nitriles is 1. The van der Waals surface area contributed by atoms with Crippen LogP contribution in [0.2, 0.25) is 0 Å². The van der Waals surface area contributed by atoms with Crippen molar-refractivity contribution >= 4 is 11.6 Å². The predicted molar refractivity (Wildman–Crippen MR) is 31.7 cm³/mol. The first-order valence-electron chi connectivity index (χ1n) is 2.66. The van der Waals surface area contributed by atoms with E-state index in [1.54, 1.807) is 6.07 Å². The van der Waals surface area contributed by atoms with Gasteiger partial charge in [0, 0.05) is 0 Å². The molecule has 0 aromatic carbocycles. The van der Waals surface area contributed by atoms with Crippen LogP contribution in [0.15, 0.2) is 5.16 Å². The fraction of sp³-hybridized carbons (Fsp3) is 0.400. The van der Waals surface area contributed by atoms with Gasteiger partial charge in [-0.3, -0.25) is 4.79 Å². The Labute approximate surface area is 57.1 Å². The second-order valence-corrected chi connectivity index (χ2v) is 1.83. The van der Waals surface area contributed by atoms with Gasteiger partial charge in [-0.05, 0) is 0 Å². The highest BCUT2D eigenvalue weighted by Crippen LogP contribution is 2.08. The molecule has 0 aliphatic carbocycles. The van der Waals surface area contributed by atoms with Crippen molar-refractivity contribution in [2.75, 3.05) is 0 Å². The minimum absolute atomic E-state index is 0.131. The molecule has 5 heteroatoms. The van der Waals surface area contributed by atoms with Crippen molar-refractivity contribution in [2.45, 2.75) is 12.5 Å². The van der Waals surface area contributed by atoms with Crippen molar-refractivity contribution in [2.24, 2.45) is 10.9 Å². The number of hydrogen-bond donors (Lipinski definition) is 1. The SMILES string of the molecule is N#C[C@H]1CC(C(N)=O)=NO1. The standard InChI is InChI=1S/C5H5N3O2/c6-2-3-1-4(5(7)9)8-10-3/h3H,1H2,(H2,7,9)/t3-/m1/s1. The molecule has 1 amide bonds. The molecule has 52 valence electrons. The van der Waals surface area contributed by atoms with Crippen LogP contribution in [0.3, 0.4) is 0 Å². The topological polar surface area (TPSA) is 88.5 Å². The molecule has 1 heterocycles. The molecule has 0 saturated carbocycles. The van der Waals surface area contributed by atoms with Crippen LogP contribution in [-0.2, 0) is 9.63 Å². The summed E-state index contributed by atoms with van der Waals surface area (Å²) in [5.41, 5.74) is 4.99. The minimum Gasteiger partial charge on any atom is -0.376 e. The molecule has 5 nitrogen and oxygen atoms in total. The molecular formula is C5H5N3O2. The third kappa shape index (κ3) is 1.05. The molecule has 0 spiro atoms. The molecular weight excluding hydrogens is 134 g/mol. The van der Waals surface area contributed by atoms with Crippen LogP contribution in [0, 0.1) is 11.3 Å². The third-order valence-corrected chi connectivity index (χ3v) is 1.10. The second-order valence-electron chi connectivity index (χ2n) is 1.83. The van der Waals surface area contributed by atoms with E-state index in [0.29, 0.717) is 0 Å². The Bertz CT molecular complexity index is 228. The lowest BCUT2D eigenvalue weighted by atomic mass is 10.2. The van der Waals surface area contributed by atoms with Crippen molar-refractivity contribution in [3.05, 3.63) is 0 Å². The van der Waals surface area contributed by atoms with E-state index in [2.05, 4.69) is 9.99 Å². The second kappa shape index (κ2) is 2.35. The summed E-state index contributed by atoms with van der Waals surface area (Å²) in [5, 5.41) is 11.6. The van der Waals surface area contributed by atoms with Crippen LogP contribution in [0.4, 0.5) is 0 Å². The summed E-state index contributed by atoms with van der Waals surface area (Å²) >= 11 is 0. The summed E-state index contributed by atoms with van der Waals surface area (Å²) in [4.78, 5) is 14.9. The lowest BCUT2D eigenvalue weighted by molar-refractivity contribution is -0.112. The maximum atomic E-state index is 10.4. The zero-order valence-electron chi connectivity index (χ0n) is 5.07. The quantitative estimate of drug-likeness (QED) is 0.512. The van der Waals surface area contributed by atoms with Crippen LogP contribution >= 0.6 is 0 Å². The van der Waals surface area contributed by atoms with Gasteiger partial charge in [0.05, 0.1) is 6.42 Å². The van der Waals surface area contributed by atoms with E-state index in [1.807, 2.05) is 0 Å². The van der Waals surface area contributed by atoms with E-state index in [9.17, 15) is 4.79 Å². The average Bonchev–Trinajstić information content (AvgIpc) is 2.34. The maximum Gasteiger partial charge on any atom is 0.266 e. The molecule has 10 heavy (non-hydrogen) atoms. The summed E-state index contributed by atoms with van der Waals surface area (Å²) in [6.07, 6.45) is -0.436. The lowest BCUT2D eigenvalue weighted by Crippen LogP contribution is -2.22. The lowest BCUT2D eigenvalue weighted by Gasteiger charge is -1.91. The fourth-order valence-electron chi connectivity index (χ4n) is 0.592. The van der Waals surface area contributed by atoms with Crippen molar-refractivity contribution in [3.63, 3.8) is 0 Å². The van der Waals surface area contributed by atoms with Crippen LogP contribution in [0.5, 0.6) is 0 Å². The Kier molecular flexibility index (Phi) is 1.54. The fourth-order valence-corrected chi connectivity index (χ4v) is 0.592. The van der Waals surface area contributed by atoms with Crippen molar-refractivity contribution in [3.8, 4) is 6.07 Å². The zero-order valence-corrected chi connectivity index (χ0v) is 5.07. The molecule has 0 fully saturated rings. The number of nitrogens with zero attached hydrogens (tertiary/aromatic N) is 2. The smallest absolute Gasteiger partial charge is 0.266 e. The van der Waals surface area contributed by atoms with Crippen molar-refractivity contribution in [1.29, 1.82) is 5.26 Å². The number of rotatable bonds is 1. The van der Waals surface area contributed by atoms with E-state index in [4.69, 9.17) is 11.0 Å². The van der Waals surface area contributed by atoms with Gasteiger partial charge < -0.3 is 10.6 Å². The van der Waals surface area contributed by atoms with Gasteiger partial charge in [0.2, 0.25) is 6.10 Å². The van der Waals surface area contributed by atoms with E-state index < -0.39 is 12.0 Å². The number of hydrogen-bond acceptors (Lipinski definition) is 4. The molecule has 2 N–H and O–H groups in total. The van der Waals surface area contributed by atoms with Crippen molar-refractivity contribution in [1.82, 2.24) is 0 Å². The Balaban J connectivity index is 2.57. The molecule has 1 aliphatic heterocycles. The Morgan fingerprint density at radius 1 is 2.00 bits per heavy atom. The van der Waals surface area contributed by atoms with Gasteiger partial charge in [0.15, 0.2) is 0 Å². The molecule has 1 rings (SSSR count). The number of primary amides is 1. The highest BCUT2D eigenvalue weighted by atomic mass is 16.6. The maximum absolute atomic E-state index is 10.4. The molecule has 0 saturated heterocycles. The van der Waals surface area contributed by atoms with Crippen LogP contribution in [0.1, 0.15) is 6.42 Å². The third-order valence-electron chi connectivity index (χ3n) is 1.10. The molecule has 0 radical (unpaired) electrons. The monoisotopic (exact) mass is 139 g/mol. The van der Waals surface area contributed by atoms with Gasteiger partial charge in [-0.1, -0.05) is 5.16 Å². The van der Waals surface area contributed by atoms with E-state index >= 15 is 0 Å². The molecule has 0 aromatic rings.